The third-order valence-corrected chi connectivity index (χ3v) is 2.19. The van der Waals surface area contributed by atoms with Gasteiger partial charge in [-0.15, -0.1) is 0 Å². The molecule has 0 radical (unpaired) electrons. The summed E-state index contributed by atoms with van der Waals surface area (Å²) in [6.45, 7) is 7.59. The van der Waals surface area contributed by atoms with E-state index in [0.29, 0.717) is 12.6 Å². The molecule has 0 aromatic carbocycles. The summed E-state index contributed by atoms with van der Waals surface area (Å²) in [6.07, 6.45) is 3.14. The van der Waals surface area contributed by atoms with E-state index in [1.807, 2.05) is 13.0 Å². The van der Waals surface area contributed by atoms with Gasteiger partial charge in [0.15, 0.2) is 0 Å². The average molecular weight is 197 g/mol. The molecule has 1 N–H and O–H groups in total. The Morgan fingerprint density at radius 3 is 2.57 bits per heavy atom. The van der Waals surface area contributed by atoms with Crippen molar-refractivity contribution in [3.8, 4) is 0 Å². The van der Waals surface area contributed by atoms with Crippen LogP contribution in [-0.2, 0) is 6.54 Å². The maximum absolute atomic E-state index is 9.34. The third kappa shape index (κ3) is 3.52. The molecular weight excluding hydrogens is 178 g/mol. The summed E-state index contributed by atoms with van der Waals surface area (Å²) in [7, 11) is 0. The highest BCUT2D eigenvalue weighted by molar-refractivity contribution is 5.05. The topological polar surface area (TPSA) is 36.6 Å². The molecule has 0 amide bonds. The lowest BCUT2D eigenvalue weighted by molar-refractivity contribution is 0.103. The molecule has 0 fully saturated rings. The second-order valence-electron chi connectivity index (χ2n) is 4.00. The van der Waals surface area contributed by atoms with E-state index in [0.717, 1.165) is 12.1 Å². The van der Waals surface area contributed by atoms with Crippen LogP contribution in [0, 0.1) is 0 Å². The normalized spacial score (nSPS) is 13.9. The number of aliphatic hydroxyl groups is 1. The zero-order chi connectivity index (χ0) is 10.6. The smallest absolute Gasteiger partial charge is 0.0947 e. The van der Waals surface area contributed by atoms with Crippen LogP contribution in [0.1, 0.15) is 26.3 Å². The minimum absolute atomic E-state index is 0.288. The van der Waals surface area contributed by atoms with Gasteiger partial charge in [0, 0.05) is 24.7 Å². The van der Waals surface area contributed by atoms with Gasteiger partial charge in [0.05, 0.1) is 18.6 Å². The molecule has 0 aliphatic rings. The van der Waals surface area contributed by atoms with Gasteiger partial charge in [0.1, 0.15) is 0 Å². The largest absolute Gasteiger partial charge is 0.472 e. The predicted molar refractivity (Wildman–Crippen MR) is 55.9 cm³/mol. The van der Waals surface area contributed by atoms with Crippen molar-refractivity contribution in [2.24, 2.45) is 0 Å². The van der Waals surface area contributed by atoms with Crippen LogP contribution in [-0.4, -0.2) is 28.7 Å². The molecule has 0 aliphatic carbocycles. The first kappa shape index (κ1) is 11.3. The lowest BCUT2D eigenvalue weighted by Crippen LogP contribution is -2.35. The van der Waals surface area contributed by atoms with Gasteiger partial charge in [-0.05, 0) is 26.8 Å². The molecule has 1 rings (SSSR count). The van der Waals surface area contributed by atoms with Crippen LogP contribution in [0.4, 0.5) is 0 Å². The van der Waals surface area contributed by atoms with Crippen LogP contribution in [0.15, 0.2) is 23.0 Å². The standard InChI is InChI=1S/C11H19NO2/c1-9(2)12(6-10(3)13)7-11-4-5-14-8-11/h4-5,8-10,13H,6-7H2,1-3H3. The van der Waals surface area contributed by atoms with Crippen LogP contribution in [0.3, 0.4) is 0 Å². The van der Waals surface area contributed by atoms with Gasteiger partial charge in [0.25, 0.3) is 0 Å². The predicted octanol–water partition coefficient (Wildman–Crippen LogP) is 1.87. The van der Waals surface area contributed by atoms with E-state index in [2.05, 4.69) is 18.7 Å². The monoisotopic (exact) mass is 197 g/mol. The van der Waals surface area contributed by atoms with E-state index in [-0.39, 0.29) is 6.10 Å². The molecule has 80 valence electrons. The van der Waals surface area contributed by atoms with E-state index < -0.39 is 0 Å². The molecule has 3 heteroatoms. The maximum Gasteiger partial charge on any atom is 0.0947 e. The summed E-state index contributed by atoms with van der Waals surface area (Å²) >= 11 is 0. The van der Waals surface area contributed by atoms with Crippen molar-refractivity contribution < 1.29 is 9.52 Å². The Bertz CT molecular complexity index is 242. The average Bonchev–Trinajstić information content (AvgIpc) is 2.54. The number of hydrogen-bond donors (Lipinski definition) is 1. The number of aliphatic hydroxyl groups excluding tert-OH is 1. The molecule has 0 spiro atoms. The van der Waals surface area contributed by atoms with Gasteiger partial charge in [-0.25, -0.2) is 0 Å². The minimum Gasteiger partial charge on any atom is -0.472 e. The van der Waals surface area contributed by atoms with Crippen molar-refractivity contribution in [1.29, 1.82) is 0 Å². The molecule has 0 saturated carbocycles. The van der Waals surface area contributed by atoms with Gasteiger partial charge in [0.2, 0.25) is 0 Å². The second-order valence-corrected chi connectivity index (χ2v) is 4.00. The number of furan rings is 1. The molecule has 3 nitrogen and oxygen atoms in total. The molecular formula is C11H19NO2. The van der Waals surface area contributed by atoms with Crippen molar-refractivity contribution in [3.63, 3.8) is 0 Å². The van der Waals surface area contributed by atoms with Gasteiger partial charge in [-0.2, -0.15) is 0 Å². The van der Waals surface area contributed by atoms with E-state index in [4.69, 9.17) is 4.42 Å². The molecule has 1 aromatic heterocycles. The summed E-state index contributed by atoms with van der Waals surface area (Å²) in [5.41, 5.74) is 1.15. The van der Waals surface area contributed by atoms with Crippen molar-refractivity contribution >= 4 is 0 Å². The van der Waals surface area contributed by atoms with Gasteiger partial charge >= 0.3 is 0 Å². The lowest BCUT2D eigenvalue weighted by atomic mass is 10.2. The molecule has 14 heavy (non-hydrogen) atoms. The maximum atomic E-state index is 9.34. The van der Waals surface area contributed by atoms with Crippen molar-refractivity contribution in [2.45, 2.75) is 39.5 Å². The number of rotatable bonds is 5. The summed E-state index contributed by atoms with van der Waals surface area (Å²) in [5.74, 6) is 0. The number of nitrogens with zero attached hydrogens (tertiary/aromatic N) is 1. The van der Waals surface area contributed by atoms with Crippen molar-refractivity contribution in [3.05, 3.63) is 24.2 Å². The molecule has 0 aliphatic heterocycles. The van der Waals surface area contributed by atoms with Crippen LogP contribution < -0.4 is 0 Å². The summed E-state index contributed by atoms with van der Waals surface area (Å²) in [4.78, 5) is 2.22. The zero-order valence-corrected chi connectivity index (χ0v) is 9.10. The van der Waals surface area contributed by atoms with Crippen LogP contribution in [0.25, 0.3) is 0 Å². The van der Waals surface area contributed by atoms with E-state index in [1.54, 1.807) is 12.5 Å². The van der Waals surface area contributed by atoms with E-state index in [9.17, 15) is 5.11 Å². The Hall–Kier alpha value is -0.800. The quantitative estimate of drug-likeness (QED) is 0.783. The SMILES string of the molecule is CC(O)CN(Cc1ccoc1)C(C)C. The fraction of sp³-hybridized carbons (Fsp3) is 0.636. The number of hydrogen-bond acceptors (Lipinski definition) is 3. The zero-order valence-electron chi connectivity index (χ0n) is 9.10. The Kier molecular flexibility index (Phi) is 4.17. The van der Waals surface area contributed by atoms with Crippen molar-refractivity contribution in [1.82, 2.24) is 4.90 Å². The van der Waals surface area contributed by atoms with Gasteiger partial charge < -0.3 is 9.52 Å². The van der Waals surface area contributed by atoms with Crippen LogP contribution in [0.2, 0.25) is 0 Å². The molecule has 1 heterocycles. The van der Waals surface area contributed by atoms with Crippen LogP contribution in [0.5, 0.6) is 0 Å². The summed E-state index contributed by atoms with van der Waals surface area (Å²) < 4.78 is 5.01. The van der Waals surface area contributed by atoms with Crippen LogP contribution >= 0.6 is 0 Å². The summed E-state index contributed by atoms with van der Waals surface area (Å²) in [6, 6.07) is 2.39. The fourth-order valence-corrected chi connectivity index (χ4v) is 1.41. The van der Waals surface area contributed by atoms with Crippen molar-refractivity contribution in [2.75, 3.05) is 6.54 Å². The van der Waals surface area contributed by atoms with Gasteiger partial charge in [-0.3, -0.25) is 4.90 Å². The molecule has 0 saturated heterocycles. The Balaban J connectivity index is 2.51. The van der Waals surface area contributed by atoms with E-state index >= 15 is 0 Å². The Morgan fingerprint density at radius 1 is 1.43 bits per heavy atom. The fourth-order valence-electron chi connectivity index (χ4n) is 1.41. The highest BCUT2D eigenvalue weighted by Gasteiger charge is 2.12. The minimum atomic E-state index is -0.288. The lowest BCUT2D eigenvalue weighted by Gasteiger charge is -2.27. The highest BCUT2D eigenvalue weighted by atomic mass is 16.3. The molecule has 1 atom stereocenters. The first-order valence-corrected chi connectivity index (χ1v) is 5.02. The summed E-state index contributed by atoms with van der Waals surface area (Å²) in [5, 5.41) is 9.34. The third-order valence-electron chi connectivity index (χ3n) is 2.19. The molecule has 0 bridgehead atoms. The second kappa shape index (κ2) is 5.17. The first-order chi connectivity index (χ1) is 6.59. The Morgan fingerprint density at radius 2 is 2.14 bits per heavy atom. The van der Waals surface area contributed by atoms with Gasteiger partial charge in [-0.1, -0.05) is 0 Å². The molecule has 1 aromatic rings. The van der Waals surface area contributed by atoms with E-state index in [1.165, 1.54) is 0 Å². The first-order valence-electron chi connectivity index (χ1n) is 5.02. The Labute approximate surface area is 85.3 Å². The highest BCUT2D eigenvalue weighted by Crippen LogP contribution is 2.09. The molecule has 1 unspecified atom stereocenters.